The second kappa shape index (κ2) is 6.70. The van der Waals surface area contributed by atoms with E-state index in [2.05, 4.69) is 83.1 Å². The van der Waals surface area contributed by atoms with Gasteiger partial charge in [0.1, 0.15) is 0 Å². The molecule has 1 rings (SSSR count). The van der Waals surface area contributed by atoms with Gasteiger partial charge in [-0.1, -0.05) is 83.1 Å². The summed E-state index contributed by atoms with van der Waals surface area (Å²) in [5, 5.41) is -0.228. The molecule has 0 aliphatic carbocycles. The van der Waals surface area contributed by atoms with E-state index >= 15 is 0 Å². The molecule has 0 aromatic carbocycles. The number of hydrogen-bond acceptors (Lipinski definition) is 4. The Morgan fingerprint density at radius 1 is 0.500 bits per heavy atom. The van der Waals surface area contributed by atoms with Gasteiger partial charge in [-0.3, -0.25) is 0 Å². The molecular formula is C16H40O4Si4. The molecule has 4 nitrogen and oxygen atoms in total. The first-order valence-corrected chi connectivity index (χ1v) is 14.9. The summed E-state index contributed by atoms with van der Waals surface area (Å²) in [5.74, 6) is 0. The summed E-state index contributed by atoms with van der Waals surface area (Å²) >= 11 is 0. The van der Waals surface area contributed by atoms with Crippen molar-refractivity contribution in [3.8, 4) is 0 Å². The van der Waals surface area contributed by atoms with Crippen molar-refractivity contribution in [2.45, 2.75) is 103 Å². The summed E-state index contributed by atoms with van der Waals surface area (Å²) in [4.78, 5) is 0. The van der Waals surface area contributed by atoms with Crippen molar-refractivity contribution >= 4 is 37.1 Å². The minimum atomic E-state index is -2.63. The fourth-order valence-electron chi connectivity index (χ4n) is 4.27. The SMILES string of the molecule is CC(C)(C)[Si]1(C(C)(C)C)O[SiH2]O[SiH2]O[Si](C(C)(C)C)(C(C)(C)C)O1. The minimum absolute atomic E-state index is 0.0569. The lowest BCUT2D eigenvalue weighted by atomic mass is 10.2. The molecule has 144 valence electrons. The maximum atomic E-state index is 7.35. The summed E-state index contributed by atoms with van der Waals surface area (Å²) in [6.07, 6.45) is 0. The molecule has 1 heterocycles. The van der Waals surface area contributed by atoms with E-state index in [1.807, 2.05) is 0 Å². The van der Waals surface area contributed by atoms with Crippen LogP contribution in [0.25, 0.3) is 0 Å². The molecule has 1 fully saturated rings. The maximum Gasteiger partial charge on any atom is 0.331 e. The highest BCUT2D eigenvalue weighted by molar-refractivity contribution is 6.90. The van der Waals surface area contributed by atoms with Gasteiger partial charge in [0.25, 0.3) is 20.0 Å². The Bertz CT molecular complexity index is 373. The van der Waals surface area contributed by atoms with Gasteiger partial charge in [-0.2, -0.15) is 0 Å². The fourth-order valence-corrected chi connectivity index (χ4v) is 27.5. The van der Waals surface area contributed by atoms with Gasteiger partial charge in [-0.05, 0) is 0 Å². The topological polar surface area (TPSA) is 36.9 Å². The second-order valence-corrected chi connectivity index (χ2v) is 24.8. The van der Waals surface area contributed by atoms with Crippen LogP contribution < -0.4 is 0 Å². The van der Waals surface area contributed by atoms with Crippen molar-refractivity contribution in [1.29, 1.82) is 0 Å². The lowest BCUT2D eigenvalue weighted by Gasteiger charge is -2.59. The zero-order valence-electron chi connectivity index (χ0n) is 18.0. The first-order valence-electron chi connectivity index (χ1n) is 8.97. The third-order valence-corrected chi connectivity index (χ3v) is 20.7. The van der Waals surface area contributed by atoms with E-state index in [9.17, 15) is 0 Å². The lowest BCUT2D eigenvalue weighted by molar-refractivity contribution is 0.190. The van der Waals surface area contributed by atoms with Crippen LogP contribution >= 0.6 is 0 Å². The summed E-state index contributed by atoms with van der Waals surface area (Å²) in [6, 6.07) is 0. The van der Waals surface area contributed by atoms with Crippen molar-refractivity contribution in [2.24, 2.45) is 0 Å². The van der Waals surface area contributed by atoms with Gasteiger partial charge in [0.2, 0.25) is 0 Å². The summed E-state index contributed by atoms with van der Waals surface area (Å²) < 4.78 is 26.7. The van der Waals surface area contributed by atoms with Crippen LogP contribution in [0.15, 0.2) is 0 Å². The van der Waals surface area contributed by atoms with Gasteiger partial charge >= 0.3 is 17.1 Å². The van der Waals surface area contributed by atoms with Gasteiger partial charge < -0.3 is 16.5 Å². The first-order chi connectivity index (χ1) is 10.4. The van der Waals surface area contributed by atoms with Crippen LogP contribution in [-0.4, -0.2) is 37.1 Å². The molecule has 0 amide bonds. The van der Waals surface area contributed by atoms with Gasteiger partial charge in [0.05, 0.1) is 0 Å². The minimum Gasteiger partial charge on any atom is -0.425 e. The van der Waals surface area contributed by atoms with Crippen molar-refractivity contribution < 1.29 is 16.5 Å². The Labute approximate surface area is 157 Å². The van der Waals surface area contributed by atoms with Crippen LogP contribution in [0.5, 0.6) is 0 Å². The Kier molecular flexibility index (Phi) is 6.35. The molecule has 0 unspecified atom stereocenters. The standard InChI is InChI=1S/C16H40O4Si4/c1-13(2,3)23(14(4,5)6)18-21-17-22-19-24(20-23,15(7,8)9)16(10,11)12/h21-22H2,1-12H3. The van der Waals surface area contributed by atoms with Crippen molar-refractivity contribution in [3.05, 3.63) is 0 Å². The van der Waals surface area contributed by atoms with E-state index < -0.39 is 37.1 Å². The highest BCUT2D eigenvalue weighted by atomic mass is 28.5. The summed E-state index contributed by atoms with van der Waals surface area (Å²) in [7, 11) is -7.36. The molecule has 0 aromatic heterocycles. The van der Waals surface area contributed by atoms with Crippen molar-refractivity contribution in [2.75, 3.05) is 0 Å². The van der Waals surface area contributed by atoms with Gasteiger partial charge in [0, 0.05) is 20.2 Å². The van der Waals surface area contributed by atoms with Crippen LogP contribution in [-0.2, 0) is 16.5 Å². The Balaban J connectivity index is 3.68. The largest absolute Gasteiger partial charge is 0.425 e. The first kappa shape index (κ1) is 22.7. The monoisotopic (exact) mass is 408 g/mol. The van der Waals surface area contributed by atoms with E-state index in [0.29, 0.717) is 0 Å². The predicted octanol–water partition coefficient (Wildman–Crippen LogP) is 4.15. The van der Waals surface area contributed by atoms with Crippen molar-refractivity contribution in [3.63, 3.8) is 0 Å². The average molecular weight is 409 g/mol. The molecule has 0 aromatic rings. The lowest BCUT2D eigenvalue weighted by Crippen LogP contribution is -2.71. The quantitative estimate of drug-likeness (QED) is 0.564. The molecule has 0 radical (unpaired) electrons. The molecule has 1 aliphatic heterocycles. The highest BCUT2D eigenvalue weighted by Gasteiger charge is 2.68. The predicted molar refractivity (Wildman–Crippen MR) is 112 cm³/mol. The second-order valence-electron chi connectivity index (χ2n) is 11.1. The van der Waals surface area contributed by atoms with Crippen molar-refractivity contribution in [1.82, 2.24) is 0 Å². The molecule has 8 heteroatoms. The normalized spacial score (nSPS) is 25.5. The smallest absolute Gasteiger partial charge is 0.331 e. The van der Waals surface area contributed by atoms with E-state index in [1.54, 1.807) is 0 Å². The molecule has 0 N–H and O–H groups in total. The van der Waals surface area contributed by atoms with Crippen LogP contribution in [0.2, 0.25) is 20.2 Å². The zero-order valence-corrected chi connectivity index (χ0v) is 22.9. The number of hydrogen-bond donors (Lipinski definition) is 0. The Morgan fingerprint density at radius 3 is 0.958 bits per heavy atom. The van der Waals surface area contributed by atoms with E-state index in [0.717, 1.165) is 0 Å². The third-order valence-electron chi connectivity index (χ3n) is 4.93. The Morgan fingerprint density at radius 2 is 0.750 bits per heavy atom. The highest BCUT2D eigenvalue weighted by Crippen LogP contribution is 2.60. The molecular weight excluding hydrogens is 369 g/mol. The average Bonchev–Trinajstić information content (AvgIpc) is 2.20. The molecule has 0 atom stereocenters. The van der Waals surface area contributed by atoms with Gasteiger partial charge in [-0.15, -0.1) is 0 Å². The zero-order chi connectivity index (χ0) is 19.2. The molecule has 0 spiro atoms. The molecule has 0 bridgehead atoms. The fraction of sp³-hybridized carbons (Fsp3) is 1.00. The van der Waals surface area contributed by atoms with Gasteiger partial charge in [-0.25, -0.2) is 0 Å². The van der Waals surface area contributed by atoms with Crippen LogP contribution in [0.1, 0.15) is 83.1 Å². The van der Waals surface area contributed by atoms with E-state index in [1.165, 1.54) is 0 Å². The Hall–Kier alpha value is 0.708. The van der Waals surface area contributed by atoms with Crippen LogP contribution in [0.4, 0.5) is 0 Å². The van der Waals surface area contributed by atoms with Crippen LogP contribution in [0.3, 0.4) is 0 Å². The number of rotatable bonds is 0. The van der Waals surface area contributed by atoms with Crippen LogP contribution in [0, 0.1) is 0 Å². The molecule has 0 saturated carbocycles. The van der Waals surface area contributed by atoms with E-state index in [-0.39, 0.29) is 20.2 Å². The molecule has 1 saturated heterocycles. The molecule has 1 aliphatic rings. The maximum absolute atomic E-state index is 7.35. The summed E-state index contributed by atoms with van der Waals surface area (Å²) in [5.41, 5.74) is 0. The third kappa shape index (κ3) is 3.85. The van der Waals surface area contributed by atoms with Gasteiger partial charge in [0.15, 0.2) is 0 Å². The summed E-state index contributed by atoms with van der Waals surface area (Å²) in [6.45, 7) is 27.2. The van der Waals surface area contributed by atoms with E-state index in [4.69, 9.17) is 16.5 Å². The molecule has 24 heavy (non-hydrogen) atoms.